The van der Waals surface area contributed by atoms with Gasteiger partial charge in [0.1, 0.15) is 5.75 Å². The fourth-order valence-electron chi connectivity index (χ4n) is 6.29. The lowest BCUT2D eigenvalue weighted by Gasteiger charge is -2.42. The summed E-state index contributed by atoms with van der Waals surface area (Å²) >= 11 is 7.74. The van der Waals surface area contributed by atoms with Crippen molar-refractivity contribution in [1.29, 1.82) is 0 Å². The fraction of sp³-hybridized carbons (Fsp3) is 0.536. The predicted octanol–water partition coefficient (Wildman–Crippen LogP) is 6.16. The minimum Gasteiger partial charge on any atom is -0.490 e. The molecule has 0 saturated carbocycles. The number of aryl methyl sites for hydroxylation is 1. The molecule has 0 bridgehead atoms. The molecule has 0 radical (unpaired) electrons. The Kier molecular flexibility index (Phi) is 7.25. The van der Waals surface area contributed by atoms with E-state index >= 15 is 0 Å². The van der Waals surface area contributed by atoms with E-state index in [1.807, 2.05) is 12.1 Å². The lowest BCUT2D eigenvalue weighted by molar-refractivity contribution is -0.117. The number of ether oxygens (including phenoxy) is 2. The van der Waals surface area contributed by atoms with Gasteiger partial charge in [-0.1, -0.05) is 17.7 Å². The minimum atomic E-state index is -0.0788. The van der Waals surface area contributed by atoms with E-state index in [4.69, 9.17) is 21.1 Å². The second-order valence-electron chi connectivity index (χ2n) is 10.6. The summed E-state index contributed by atoms with van der Waals surface area (Å²) in [5, 5.41) is 0.806. The second kappa shape index (κ2) is 10.2. The summed E-state index contributed by atoms with van der Waals surface area (Å²) in [6.07, 6.45) is 5.99. The molecular weight excluding hydrogens is 480 g/mol. The highest BCUT2D eigenvalue weighted by Gasteiger charge is 2.42. The third kappa shape index (κ3) is 5.45. The zero-order valence-electron chi connectivity index (χ0n) is 20.8. The van der Waals surface area contributed by atoms with E-state index in [0.717, 1.165) is 66.5 Å². The number of carbonyl (C=O) groups excluding carboxylic acids is 1. The molecule has 7 heteroatoms. The quantitative estimate of drug-likeness (QED) is 0.495. The number of hydrogen-bond acceptors (Lipinski definition) is 5. The topological polar surface area (TPSA) is 50.8 Å². The number of fused-ring (bicyclic) bond motifs is 3. The average molecular weight is 515 g/mol. The Morgan fingerprint density at radius 3 is 2.77 bits per heavy atom. The zero-order chi connectivity index (χ0) is 24.6. The monoisotopic (exact) mass is 514 g/mol. The van der Waals surface area contributed by atoms with Gasteiger partial charge in [-0.15, -0.1) is 0 Å². The molecule has 2 aromatic rings. The number of hydrogen-bond donors (Lipinski definition) is 1. The molecule has 2 aromatic carbocycles. The van der Waals surface area contributed by atoms with E-state index in [2.05, 4.69) is 47.7 Å². The molecule has 1 saturated heterocycles. The van der Waals surface area contributed by atoms with Crippen LogP contribution in [-0.2, 0) is 21.4 Å². The number of anilines is 1. The van der Waals surface area contributed by atoms with Gasteiger partial charge in [-0.25, -0.2) is 0 Å². The molecule has 3 unspecified atom stereocenters. The number of amides is 1. The van der Waals surface area contributed by atoms with E-state index in [-0.39, 0.29) is 23.5 Å². The number of nitrogens with zero attached hydrogens (tertiary/aromatic N) is 1. The smallest absolute Gasteiger partial charge is 0.226 e. The van der Waals surface area contributed by atoms with Crippen LogP contribution in [0.4, 0.5) is 5.69 Å². The van der Waals surface area contributed by atoms with Gasteiger partial charge in [0.05, 0.1) is 24.5 Å². The van der Waals surface area contributed by atoms with Crippen molar-refractivity contribution in [2.45, 2.75) is 75.4 Å². The van der Waals surface area contributed by atoms with Gasteiger partial charge in [0.15, 0.2) is 0 Å². The molecule has 1 N–H and O–H groups in total. The van der Waals surface area contributed by atoms with E-state index in [0.29, 0.717) is 12.5 Å². The molecule has 1 aliphatic carbocycles. The number of rotatable bonds is 4. The van der Waals surface area contributed by atoms with E-state index in [1.165, 1.54) is 30.0 Å². The average Bonchev–Trinajstić information content (AvgIpc) is 2.94. The van der Waals surface area contributed by atoms with Gasteiger partial charge in [0, 0.05) is 35.3 Å². The highest BCUT2D eigenvalue weighted by molar-refractivity contribution is 7.98. The van der Waals surface area contributed by atoms with Gasteiger partial charge in [0.2, 0.25) is 5.91 Å². The molecule has 1 spiro atoms. The maximum absolute atomic E-state index is 11.5. The highest BCUT2D eigenvalue weighted by Crippen LogP contribution is 2.45. The Morgan fingerprint density at radius 1 is 1.20 bits per heavy atom. The molecule has 3 atom stereocenters. The largest absolute Gasteiger partial charge is 0.490 e. The lowest BCUT2D eigenvalue weighted by atomic mass is 9.70. The van der Waals surface area contributed by atoms with Gasteiger partial charge < -0.3 is 14.4 Å². The predicted molar refractivity (Wildman–Crippen MR) is 143 cm³/mol. The van der Waals surface area contributed by atoms with E-state index < -0.39 is 0 Å². The molecule has 0 aromatic heterocycles. The Morgan fingerprint density at radius 2 is 2.00 bits per heavy atom. The van der Waals surface area contributed by atoms with Crippen LogP contribution in [0.1, 0.15) is 57.6 Å². The molecule has 35 heavy (non-hydrogen) atoms. The molecule has 2 aliphatic heterocycles. The first-order valence-corrected chi connectivity index (χ1v) is 13.9. The summed E-state index contributed by atoms with van der Waals surface area (Å²) < 4.78 is 15.5. The highest BCUT2D eigenvalue weighted by atomic mass is 35.5. The fourth-order valence-corrected chi connectivity index (χ4v) is 7.05. The first-order chi connectivity index (χ1) is 16.8. The van der Waals surface area contributed by atoms with Crippen molar-refractivity contribution in [1.82, 2.24) is 4.72 Å². The summed E-state index contributed by atoms with van der Waals surface area (Å²) in [4.78, 5) is 15.1. The van der Waals surface area contributed by atoms with Crippen LogP contribution in [0, 0.1) is 5.92 Å². The van der Waals surface area contributed by atoms with Crippen LogP contribution < -0.4 is 14.4 Å². The molecule has 5 nitrogen and oxygen atoms in total. The Labute approximate surface area is 218 Å². The molecule has 5 rings (SSSR count). The molecule has 1 amide bonds. The van der Waals surface area contributed by atoms with Crippen molar-refractivity contribution in [3.05, 3.63) is 52.5 Å². The van der Waals surface area contributed by atoms with Crippen LogP contribution >= 0.6 is 23.5 Å². The molecular formula is C28H35ClN2O3S. The Balaban J connectivity index is 1.51. The van der Waals surface area contributed by atoms with Crippen LogP contribution in [0.2, 0.25) is 5.02 Å². The van der Waals surface area contributed by atoms with Crippen LogP contribution in [0.5, 0.6) is 5.75 Å². The minimum absolute atomic E-state index is 0.0559. The van der Waals surface area contributed by atoms with Crippen LogP contribution in [0.15, 0.2) is 41.3 Å². The molecule has 2 heterocycles. The van der Waals surface area contributed by atoms with Crippen molar-refractivity contribution < 1.29 is 14.3 Å². The maximum Gasteiger partial charge on any atom is 0.226 e. The number of carbonyl (C=O) groups is 1. The third-order valence-electron chi connectivity index (χ3n) is 7.59. The SMILES string of the molecule is CC(=O)NSc1ccc2c(c1)N(CC1CC(C)OC(C)C1)CC1(CCCc3cc(Cl)ccc31)CO2. The van der Waals surface area contributed by atoms with Crippen LogP contribution in [0.3, 0.4) is 0 Å². The van der Waals surface area contributed by atoms with Crippen LogP contribution in [-0.4, -0.2) is 37.8 Å². The molecule has 3 aliphatic rings. The maximum atomic E-state index is 11.5. The molecule has 1 fully saturated rings. The van der Waals surface area contributed by atoms with Crippen molar-refractivity contribution in [2.24, 2.45) is 5.92 Å². The second-order valence-corrected chi connectivity index (χ2v) is 11.9. The van der Waals surface area contributed by atoms with Gasteiger partial charge in [-0.05, 0) is 105 Å². The standard InChI is InChI=1S/C28H35ClN2O3S/c1-18-11-21(12-19(2)34-18)15-31-16-28(10-4-5-22-13-23(29)6-8-25(22)28)17-33-27-9-7-24(14-26(27)31)35-30-20(3)32/h6-9,13-14,18-19,21H,4-5,10-12,15-17H2,1-3H3,(H,30,32). The molecule has 188 valence electrons. The van der Waals surface area contributed by atoms with Gasteiger partial charge in [-0.3, -0.25) is 9.52 Å². The first-order valence-electron chi connectivity index (χ1n) is 12.7. The van der Waals surface area contributed by atoms with Crippen molar-refractivity contribution >= 4 is 35.1 Å². The van der Waals surface area contributed by atoms with Crippen molar-refractivity contribution in [3.63, 3.8) is 0 Å². The van der Waals surface area contributed by atoms with Crippen molar-refractivity contribution in [3.8, 4) is 5.75 Å². The first kappa shape index (κ1) is 24.8. The third-order valence-corrected chi connectivity index (χ3v) is 8.71. The van der Waals surface area contributed by atoms with Crippen LogP contribution in [0.25, 0.3) is 0 Å². The summed E-state index contributed by atoms with van der Waals surface area (Å²) in [6.45, 7) is 8.44. The lowest BCUT2D eigenvalue weighted by Crippen LogP contribution is -2.47. The summed E-state index contributed by atoms with van der Waals surface area (Å²) in [5.41, 5.74) is 3.77. The summed E-state index contributed by atoms with van der Waals surface area (Å²) in [6, 6.07) is 12.7. The number of halogens is 1. The number of benzene rings is 2. The normalized spacial score (nSPS) is 28.0. The van der Waals surface area contributed by atoms with Gasteiger partial charge >= 0.3 is 0 Å². The Bertz CT molecular complexity index is 1090. The van der Waals surface area contributed by atoms with E-state index in [1.54, 1.807) is 0 Å². The summed E-state index contributed by atoms with van der Waals surface area (Å²) in [5.74, 6) is 1.42. The Hall–Kier alpha value is -1.89. The number of nitrogens with one attached hydrogen (secondary N) is 1. The van der Waals surface area contributed by atoms with Gasteiger partial charge in [0.25, 0.3) is 0 Å². The summed E-state index contributed by atoms with van der Waals surface area (Å²) in [7, 11) is 0. The van der Waals surface area contributed by atoms with E-state index in [9.17, 15) is 4.79 Å². The zero-order valence-corrected chi connectivity index (χ0v) is 22.4. The van der Waals surface area contributed by atoms with Gasteiger partial charge in [-0.2, -0.15) is 0 Å². The van der Waals surface area contributed by atoms with Crippen molar-refractivity contribution in [2.75, 3.05) is 24.6 Å².